The van der Waals surface area contributed by atoms with Crippen molar-refractivity contribution in [3.63, 3.8) is 0 Å². The van der Waals surface area contributed by atoms with Crippen LogP contribution in [0.15, 0.2) is 24.3 Å². The van der Waals surface area contributed by atoms with E-state index in [-0.39, 0.29) is 6.54 Å². The van der Waals surface area contributed by atoms with Crippen LogP contribution in [0.5, 0.6) is 0 Å². The van der Waals surface area contributed by atoms with Crippen LogP contribution in [0.25, 0.3) is 0 Å². The van der Waals surface area contributed by atoms with Gasteiger partial charge in [-0.3, -0.25) is 8.98 Å². The van der Waals surface area contributed by atoms with Crippen molar-refractivity contribution in [2.24, 2.45) is 0 Å². The van der Waals surface area contributed by atoms with Crippen molar-refractivity contribution in [2.75, 3.05) is 6.54 Å². The average Bonchev–Trinajstić information content (AvgIpc) is 2.44. The summed E-state index contributed by atoms with van der Waals surface area (Å²) in [6.45, 7) is 1.51. The molecule has 0 aliphatic carbocycles. The summed E-state index contributed by atoms with van der Waals surface area (Å²) < 4.78 is 62.6. The van der Waals surface area contributed by atoms with Crippen molar-refractivity contribution < 1.29 is 30.6 Å². The molecule has 0 aromatic heterocycles. The minimum Gasteiger partial charge on any atom is -0.336 e. The third-order valence-corrected chi connectivity index (χ3v) is 4.45. The monoisotopic (exact) mass is 337 g/mol. The number of halogens is 3. The molecular weight excluding hydrogens is 323 g/mol. The highest BCUT2D eigenvalue weighted by molar-refractivity contribution is 7.87. The lowest BCUT2D eigenvalue weighted by Gasteiger charge is -2.30. The van der Waals surface area contributed by atoms with Crippen molar-refractivity contribution in [2.45, 2.75) is 31.5 Å². The number of rotatable bonds is 3. The van der Waals surface area contributed by atoms with Gasteiger partial charge in [-0.1, -0.05) is 24.3 Å². The Morgan fingerprint density at radius 3 is 2.45 bits per heavy atom. The molecule has 1 atom stereocenters. The van der Waals surface area contributed by atoms with Crippen LogP contribution >= 0.6 is 0 Å². The van der Waals surface area contributed by atoms with Crippen LogP contribution in [0, 0.1) is 0 Å². The largest absolute Gasteiger partial charge is 0.523 e. The molecule has 0 N–H and O–H groups in total. The van der Waals surface area contributed by atoms with E-state index in [4.69, 9.17) is 0 Å². The predicted molar refractivity (Wildman–Crippen MR) is 71.1 cm³/mol. The molecule has 0 saturated carbocycles. The number of benzene rings is 1. The van der Waals surface area contributed by atoms with Crippen LogP contribution < -0.4 is 0 Å². The van der Waals surface area contributed by atoms with Crippen LogP contribution in [0.1, 0.15) is 18.1 Å². The summed E-state index contributed by atoms with van der Waals surface area (Å²) in [5.41, 5.74) is -3.60. The molecule has 1 aliphatic heterocycles. The first-order valence-corrected chi connectivity index (χ1v) is 7.88. The van der Waals surface area contributed by atoms with Gasteiger partial charge >= 0.3 is 15.6 Å². The van der Waals surface area contributed by atoms with Gasteiger partial charge in [0.05, 0.1) is 0 Å². The number of hydrogen-bond acceptors (Lipinski definition) is 4. The number of carbonyl (C=O) groups excluding carboxylic acids is 1. The van der Waals surface area contributed by atoms with Crippen LogP contribution in [0.4, 0.5) is 13.2 Å². The molecule has 1 heterocycles. The smallest absolute Gasteiger partial charge is 0.336 e. The number of hydrogen-bond donors (Lipinski definition) is 0. The summed E-state index contributed by atoms with van der Waals surface area (Å²) in [6.07, 6.45) is -1.17. The van der Waals surface area contributed by atoms with Crippen molar-refractivity contribution in [1.29, 1.82) is 0 Å². The van der Waals surface area contributed by atoms with Gasteiger partial charge in [0.2, 0.25) is 0 Å². The molecule has 0 fully saturated rings. The quantitative estimate of drug-likeness (QED) is 0.623. The van der Waals surface area contributed by atoms with E-state index in [1.165, 1.54) is 4.90 Å². The van der Waals surface area contributed by atoms with Gasteiger partial charge in [-0.15, -0.1) is 0 Å². The number of nitrogens with zero attached hydrogens (tertiary/aromatic N) is 1. The highest BCUT2D eigenvalue weighted by Crippen LogP contribution is 2.26. The van der Waals surface area contributed by atoms with Crippen molar-refractivity contribution in [3.8, 4) is 0 Å². The fraction of sp³-hybridized carbons (Fsp3) is 0.462. The van der Waals surface area contributed by atoms with E-state index in [0.717, 1.165) is 18.1 Å². The molecule has 1 amide bonds. The normalized spacial score (nSPS) is 17.0. The zero-order chi connectivity index (χ0) is 16.5. The zero-order valence-electron chi connectivity index (χ0n) is 11.6. The average molecular weight is 337 g/mol. The molecule has 2 rings (SSSR count). The van der Waals surface area contributed by atoms with Gasteiger partial charge in [-0.2, -0.15) is 21.6 Å². The van der Waals surface area contributed by atoms with Crippen LogP contribution in [-0.2, 0) is 32.1 Å². The lowest BCUT2D eigenvalue weighted by Crippen LogP contribution is -2.43. The van der Waals surface area contributed by atoms with E-state index < -0.39 is 27.6 Å². The highest BCUT2D eigenvalue weighted by atomic mass is 32.2. The lowest BCUT2D eigenvalue weighted by molar-refractivity contribution is -0.139. The molecule has 0 radical (unpaired) electrons. The first-order valence-electron chi connectivity index (χ1n) is 6.47. The molecule has 0 unspecified atom stereocenters. The van der Waals surface area contributed by atoms with Crippen LogP contribution in [-0.4, -0.2) is 37.4 Å². The van der Waals surface area contributed by atoms with E-state index in [2.05, 4.69) is 4.18 Å². The summed E-state index contributed by atoms with van der Waals surface area (Å²) in [7, 11) is -5.79. The molecule has 0 bridgehead atoms. The van der Waals surface area contributed by atoms with E-state index >= 15 is 0 Å². The zero-order valence-corrected chi connectivity index (χ0v) is 12.4. The minimum atomic E-state index is -5.79. The Morgan fingerprint density at radius 2 is 1.86 bits per heavy atom. The number of fused-ring (bicyclic) bond motifs is 1. The second-order valence-corrected chi connectivity index (χ2v) is 6.48. The third-order valence-electron chi connectivity index (χ3n) is 3.34. The number of carbonyl (C=O) groups is 1. The summed E-state index contributed by atoms with van der Waals surface area (Å²) >= 11 is 0. The number of alkyl halides is 3. The van der Waals surface area contributed by atoms with Gasteiger partial charge < -0.3 is 4.90 Å². The maximum absolute atomic E-state index is 12.3. The van der Waals surface area contributed by atoms with Gasteiger partial charge in [0, 0.05) is 13.1 Å². The lowest BCUT2D eigenvalue weighted by atomic mass is 10.00. The summed E-state index contributed by atoms with van der Waals surface area (Å²) in [5, 5.41) is 0. The van der Waals surface area contributed by atoms with Gasteiger partial charge in [0.25, 0.3) is 5.91 Å². The Balaban J connectivity index is 2.07. The van der Waals surface area contributed by atoms with Gasteiger partial charge in [-0.05, 0) is 24.5 Å². The fourth-order valence-corrected chi connectivity index (χ4v) is 2.80. The highest BCUT2D eigenvalue weighted by Gasteiger charge is 2.49. The van der Waals surface area contributed by atoms with Crippen molar-refractivity contribution >= 4 is 16.0 Å². The molecule has 0 spiro atoms. The van der Waals surface area contributed by atoms with E-state index in [1.54, 1.807) is 6.07 Å². The molecule has 122 valence electrons. The van der Waals surface area contributed by atoms with Gasteiger partial charge in [0.15, 0.2) is 6.10 Å². The topological polar surface area (TPSA) is 63.7 Å². The minimum absolute atomic E-state index is 0.217. The second-order valence-electron chi connectivity index (χ2n) is 4.92. The Labute approximate surface area is 125 Å². The van der Waals surface area contributed by atoms with Gasteiger partial charge in [0.1, 0.15) is 0 Å². The maximum atomic E-state index is 12.3. The Bertz CT molecular complexity index is 672. The van der Waals surface area contributed by atoms with E-state index in [0.29, 0.717) is 13.0 Å². The predicted octanol–water partition coefficient (Wildman–Crippen LogP) is 1.83. The van der Waals surface area contributed by atoms with Crippen molar-refractivity contribution in [1.82, 2.24) is 4.90 Å². The summed E-state index contributed by atoms with van der Waals surface area (Å²) in [6, 6.07) is 7.37. The van der Waals surface area contributed by atoms with E-state index in [9.17, 15) is 26.4 Å². The molecule has 0 saturated heterocycles. The molecular formula is C13H14F3NO4S. The molecule has 1 aromatic carbocycles. The molecule has 5 nitrogen and oxygen atoms in total. The maximum Gasteiger partial charge on any atom is 0.523 e. The molecule has 1 aromatic rings. The summed E-state index contributed by atoms with van der Waals surface area (Å²) in [4.78, 5) is 13.4. The standard InChI is InChI=1S/C13H14F3NO4S/c1-9(21-22(19,20)13(14,15)16)12(18)17-7-6-10-4-2-3-5-11(10)8-17/h2-5,9H,6-8H2,1H3/t9-/m1/s1. The first-order chi connectivity index (χ1) is 10.1. The Morgan fingerprint density at radius 1 is 1.27 bits per heavy atom. The SMILES string of the molecule is C[C@@H](OS(=O)(=O)C(F)(F)F)C(=O)N1CCc2ccccc2C1. The van der Waals surface area contributed by atoms with E-state index in [1.807, 2.05) is 18.2 Å². The van der Waals surface area contributed by atoms with Crippen molar-refractivity contribution in [3.05, 3.63) is 35.4 Å². The molecule has 22 heavy (non-hydrogen) atoms. The fourth-order valence-electron chi connectivity index (χ4n) is 2.23. The molecule has 9 heteroatoms. The second kappa shape index (κ2) is 5.88. The summed E-state index contributed by atoms with van der Waals surface area (Å²) in [5.74, 6) is -0.790. The Hall–Kier alpha value is -1.61. The number of amides is 1. The van der Waals surface area contributed by atoms with Gasteiger partial charge in [-0.25, -0.2) is 0 Å². The first kappa shape index (κ1) is 16.8. The third kappa shape index (κ3) is 3.41. The Kier molecular flexibility index (Phi) is 4.48. The van der Waals surface area contributed by atoms with Crippen LogP contribution in [0.3, 0.4) is 0 Å². The van der Waals surface area contributed by atoms with Crippen LogP contribution in [0.2, 0.25) is 0 Å². The molecule has 1 aliphatic rings.